The number of nitrogens with zero attached hydrogens (tertiary/aromatic N) is 2. The van der Waals surface area contributed by atoms with Crippen LogP contribution >= 0.6 is 11.6 Å². The molecule has 1 atom stereocenters. The number of carbonyl (C=O) groups excluding carboxylic acids is 2. The van der Waals surface area contributed by atoms with E-state index in [1.165, 1.54) is 0 Å². The van der Waals surface area contributed by atoms with Crippen LogP contribution in [0.1, 0.15) is 6.42 Å². The number of nitrogens with one attached hydrogen (secondary N) is 2. The summed E-state index contributed by atoms with van der Waals surface area (Å²) in [4.78, 5) is 28.1. The third-order valence-electron chi connectivity index (χ3n) is 4.42. The summed E-state index contributed by atoms with van der Waals surface area (Å²) in [5.41, 5.74) is 0.798. The third kappa shape index (κ3) is 5.07. The van der Waals surface area contributed by atoms with Gasteiger partial charge in [0, 0.05) is 49.9 Å². The highest BCUT2D eigenvalue weighted by Gasteiger charge is 2.31. The Bertz CT molecular complexity index is 604. The lowest BCUT2D eigenvalue weighted by atomic mass is 10.2. The van der Waals surface area contributed by atoms with E-state index in [-0.39, 0.29) is 18.0 Å². The number of anilines is 1. The van der Waals surface area contributed by atoms with E-state index in [0.717, 1.165) is 38.5 Å². The van der Waals surface area contributed by atoms with Crippen molar-refractivity contribution in [1.29, 1.82) is 0 Å². The smallest absolute Gasteiger partial charge is 0.315 e. The van der Waals surface area contributed by atoms with Crippen molar-refractivity contribution in [2.45, 2.75) is 12.5 Å². The van der Waals surface area contributed by atoms with Gasteiger partial charge in [-0.3, -0.25) is 9.69 Å². The molecule has 0 unspecified atom stereocenters. The highest BCUT2D eigenvalue weighted by molar-refractivity contribution is 6.30. The van der Waals surface area contributed by atoms with Crippen molar-refractivity contribution in [2.75, 3.05) is 50.8 Å². The average molecular weight is 367 g/mol. The van der Waals surface area contributed by atoms with Crippen molar-refractivity contribution in [3.8, 4) is 0 Å². The molecule has 136 valence electrons. The van der Waals surface area contributed by atoms with Crippen LogP contribution in [0.25, 0.3) is 0 Å². The van der Waals surface area contributed by atoms with Crippen LogP contribution in [0.15, 0.2) is 24.3 Å². The summed E-state index contributed by atoms with van der Waals surface area (Å²) in [6.45, 7) is 5.14. The Morgan fingerprint density at radius 2 is 1.96 bits per heavy atom. The van der Waals surface area contributed by atoms with Crippen molar-refractivity contribution in [1.82, 2.24) is 15.5 Å². The van der Waals surface area contributed by atoms with Crippen LogP contribution in [0.3, 0.4) is 0 Å². The SMILES string of the molecule is O=C(NCCN1CCOCC1)N[C@@H]1CC(=O)N(c2ccc(Cl)cc2)C1. The Morgan fingerprint density at radius 3 is 2.68 bits per heavy atom. The summed E-state index contributed by atoms with van der Waals surface area (Å²) >= 11 is 5.88. The number of benzene rings is 1. The summed E-state index contributed by atoms with van der Waals surface area (Å²) in [6.07, 6.45) is 0.305. The first-order chi connectivity index (χ1) is 12.1. The standard InChI is InChI=1S/C17H23ClN4O3/c18-13-1-3-15(4-2-13)22-12-14(11-16(22)23)20-17(24)19-5-6-21-7-9-25-10-8-21/h1-4,14H,5-12H2,(H2,19,20,24)/t14-/m1/s1. The van der Waals surface area contributed by atoms with Crippen LogP contribution in [0.4, 0.5) is 10.5 Å². The maximum atomic E-state index is 12.2. The molecule has 3 amide bonds. The Hall–Kier alpha value is -1.83. The molecular weight excluding hydrogens is 344 g/mol. The fourth-order valence-electron chi connectivity index (χ4n) is 3.06. The highest BCUT2D eigenvalue weighted by Crippen LogP contribution is 2.23. The van der Waals surface area contributed by atoms with E-state index in [9.17, 15) is 9.59 Å². The molecular formula is C17H23ClN4O3. The maximum absolute atomic E-state index is 12.2. The molecule has 2 fully saturated rings. The third-order valence-corrected chi connectivity index (χ3v) is 4.67. The number of halogens is 1. The van der Waals surface area contributed by atoms with Crippen LogP contribution < -0.4 is 15.5 Å². The monoisotopic (exact) mass is 366 g/mol. The Labute approximate surface area is 152 Å². The molecule has 2 N–H and O–H groups in total. The Morgan fingerprint density at radius 1 is 1.24 bits per heavy atom. The van der Waals surface area contributed by atoms with Crippen LogP contribution in [-0.4, -0.2) is 68.8 Å². The van der Waals surface area contributed by atoms with Gasteiger partial charge in [0.15, 0.2) is 0 Å². The first kappa shape index (κ1) is 18.0. The number of hydrogen-bond acceptors (Lipinski definition) is 4. The fourth-order valence-corrected chi connectivity index (χ4v) is 3.19. The van der Waals surface area contributed by atoms with E-state index >= 15 is 0 Å². The van der Waals surface area contributed by atoms with Gasteiger partial charge >= 0.3 is 6.03 Å². The van der Waals surface area contributed by atoms with Crippen molar-refractivity contribution in [3.05, 3.63) is 29.3 Å². The molecule has 0 aromatic heterocycles. The van der Waals surface area contributed by atoms with Gasteiger partial charge in [-0.05, 0) is 24.3 Å². The minimum Gasteiger partial charge on any atom is -0.379 e. The van der Waals surface area contributed by atoms with Gasteiger partial charge in [0.05, 0.1) is 19.3 Å². The number of amides is 3. The van der Waals surface area contributed by atoms with Crippen LogP contribution in [-0.2, 0) is 9.53 Å². The minimum absolute atomic E-state index is 0.000870. The van der Waals surface area contributed by atoms with E-state index in [0.29, 0.717) is 24.5 Å². The molecule has 25 heavy (non-hydrogen) atoms. The largest absolute Gasteiger partial charge is 0.379 e. The summed E-state index contributed by atoms with van der Waals surface area (Å²) in [7, 11) is 0. The first-order valence-corrected chi connectivity index (χ1v) is 8.90. The van der Waals surface area contributed by atoms with Gasteiger partial charge in [-0.2, -0.15) is 0 Å². The number of hydrogen-bond donors (Lipinski definition) is 2. The maximum Gasteiger partial charge on any atom is 0.315 e. The average Bonchev–Trinajstić information content (AvgIpc) is 2.96. The lowest BCUT2D eigenvalue weighted by molar-refractivity contribution is -0.117. The molecule has 2 aliphatic heterocycles. The van der Waals surface area contributed by atoms with E-state index < -0.39 is 0 Å². The molecule has 0 saturated carbocycles. The van der Waals surface area contributed by atoms with Gasteiger partial charge in [0.2, 0.25) is 5.91 Å². The molecule has 2 saturated heterocycles. The minimum atomic E-state index is -0.232. The van der Waals surface area contributed by atoms with Crippen LogP contribution in [0.5, 0.6) is 0 Å². The Balaban J connectivity index is 1.41. The topological polar surface area (TPSA) is 73.9 Å². The van der Waals surface area contributed by atoms with Gasteiger partial charge in [0.1, 0.15) is 0 Å². The summed E-state index contributed by atoms with van der Waals surface area (Å²) in [5.74, 6) is 0.000870. The van der Waals surface area contributed by atoms with Crippen LogP contribution in [0, 0.1) is 0 Å². The molecule has 0 spiro atoms. The molecule has 1 aromatic carbocycles. The normalized spacial score (nSPS) is 21.4. The van der Waals surface area contributed by atoms with Crippen molar-refractivity contribution in [2.24, 2.45) is 0 Å². The molecule has 1 aromatic rings. The molecule has 3 rings (SSSR count). The van der Waals surface area contributed by atoms with Gasteiger partial charge < -0.3 is 20.3 Å². The summed E-state index contributed by atoms with van der Waals surface area (Å²) in [5, 5.41) is 6.36. The fraction of sp³-hybridized carbons (Fsp3) is 0.529. The molecule has 0 radical (unpaired) electrons. The van der Waals surface area contributed by atoms with Crippen molar-refractivity contribution in [3.63, 3.8) is 0 Å². The van der Waals surface area contributed by atoms with Gasteiger partial charge in [-0.1, -0.05) is 11.6 Å². The highest BCUT2D eigenvalue weighted by atomic mass is 35.5. The van der Waals surface area contributed by atoms with Crippen molar-refractivity contribution >= 4 is 29.2 Å². The zero-order valence-electron chi connectivity index (χ0n) is 14.0. The zero-order valence-corrected chi connectivity index (χ0v) is 14.8. The molecule has 2 heterocycles. The molecule has 0 bridgehead atoms. The second kappa shape index (κ2) is 8.51. The van der Waals surface area contributed by atoms with Gasteiger partial charge in [0.25, 0.3) is 0 Å². The first-order valence-electron chi connectivity index (χ1n) is 8.52. The van der Waals surface area contributed by atoms with E-state index in [1.54, 1.807) is 17.0 Å². The molecule has 7 nitrogen and oxygen atoms in total. The molecule has 8 heteroatoms. The van der Waals surface area contributed by atoms with Gasteiger partial charge in [-0.25, -0.2) is 4.79 Å². The number of carbonyl (C=O) groups is 2. The number of morpholine rings is 1. The second-order valence-electron chi connectivity index (χ2n) is 6.24. The molecule has 0 aliphatic carbocycles. The molecule has 2 aliphatic rings. The quantitative estimate of drug-likeness (QED) is 0.817. The number of ether oxygens (including phenoxy) is 1. The number of rotatable bonds is 5. The van der Waals surface area contributed by atoms with Crippen molar-refractivity contribution < 1.29 is 14.3 Å². The summed E-state index contributed by atoms with van der Waals surface area (Å²) < 4.78 is 5.29. The van der Waals surface area contributed by atoms with Crippen LogP contribution in [0.2, 0.25) is 5.02 Å². The van der Waals surface area contributed by atoms with E-state index in [1.807, 2.05) is 12.1 Å². The second-order valence-corrected chi connectivity index (χ2v) is 6.67. The lowest BCUT2D eigenvalue weighted by Gasteiger charge is -2.26. The summed E-state index contributed by atoms with van der Waals surface area (Å²) in [6, 6.07) is 6.71. The Kier molecular flexibility index (Phi) is 6.12. The predicted molar refractivity (Wildman–Crippen MR) is 96.0 cm³/mol. The van der Waals surface area contributed by atoms with Gasteiger partial charge in [-0.15, -0.1) is 0 Å². The zero-order chi connectivity index (χ0) is 17.6. The lowest BCUT2D eigenvalue weighted by Crippen LogP contribution is -2.46. The van der Waals surface area contributed by atoms with E-state index in [2.05, 4.69) is 15.5 Å². The predicted octanol–water partition coefficient (Wildman–Crippen LogP) is 1.08. The van der Waals surface area contributed by atoms with E-state index in [4.69, 9.17) is 16.3 Å². The number of urea groups is 1.